The second kappa shape index (κ2) is 6.49. The lowest BCUT2D eigenvalue weighted by molar-refractivity contribution is 0.675. The van der Waals surface area contributed by atoms with E-state index in [1.165, 1.54) is 0 Å². The van der Waals surface area contributed by atoms with E-state index in [9.17, 15) is 4.79 Å². The van der Waals surface area contributed by atoms with E-state index < -0.39 is 0 Å². The first-order chi connectivity index (χ1) is 11.5. The molecule has 124 valence electrons. The molecule has 0 fully saturated rings. The van der Waals surface area contributed by atoms with Crippen LogP contribution in [0.2, 0.25) is 5.02 Å². The third-order valence-corrected chi connectivity index (χ3v) is 4.47. The fraction of sp³-hybridized carbons (Fsp3) is 0.235. The Bertz CT molecular complexity index is 896. The van der Waals surface area contributed by atoms with E-state index in [-0.39, 0.29) is 17.4 Å². The lowest BCUT2D eigenvalue weighted by Gasteiger charge is -2.27. The number of benzene rings is 1. The molecule has 0 radical (unpaired) electrons. The number of aromatic amines is 1. The third kappa shape index (κ3) is 3.19. The summed E-state index contributed by atoms with van der Waals surface area (Å²) in [5, 5.41) is 8.70. The Morgan fingerprint density at radius 1 is 1.29 bits per heavy atom. The van der Waals surface area contributed by atoms with Crippen LogP contribution in [-0.4, -0.2) is 16.7 Å². The number of hydrogen-bond donors (Lipinski definition) is 3. The minimum Gasteiger partial charge on any atom is -0.369 e. The Labute approximate surface area is 144 Å². The number of aromatic nitrogens is 1. The molecule has 0 aliphatic heterocycles. The molecule has 3 rings (SSSR count). The molecule has 0 saturated heterocycles. The molecule has 2 aromatic rings. The summed E-state index contributed by atoms with van der Waals surface area (Å²) in [5.74, 6) is -0.0115. The number of aryl methyl sites for hydroxylation is 1. The first kappa shape index (κ1) is 16.3. The molecule has 0 bridgehead atoms. The number of guanidine groups is 1. The van der Waals surface area contributed by atoms with Gasteiger partial charge < -0.3 is 16.5 Å². The summed E-state index contributed by atoms with van der Waals surface area (Å²) in [6.07, 6.45) is 1.32. The van der Waals surface area contributed by atoms with E-state index >= 15 is 0 Å². The van der Waals surface area contributed by atoms with Gasteiger partial charge in [0.15, 0.2) is 0 Å². The van der Waals surface area contributed by atoms with E-state index in [1.807, 2.05) is 31.2 Å². The Morgan fingerprint density at radius 2 is 2.04 bits per heavy atom. The molecule has 6 nitrogen and oxygen atoms in total. The molecule has 0 amide bonds. The van der Waals surface area contributed by atoms with Crippen molar-refractivity contribution in [3.63, 3.8) is 0 Å². The SMILES string of the molecule is Cc1cc(=O)[nH]c2c1C(=NN=C(N)N)CC(c1ccccc1Cl)C2. The van der Waals surface area contributed by atoms with Crippen LogP contribution in [0.1, 0.15) is 34.7 Å². The Kier molecular flexibility index (Phi) is 4.40. The predicted octanol–water partition coefficient (Wildman–Crippen LogP) is 2.04. The highest BCUT2D eigenvalue weighted by atomic mass is 35.5. The number of fused-ring (bicyclic) bond motifs is 1. The molecule has 1 aromatic heterocycles. The van der Waals surface area contributed by atoms with E-state index in [0.29, 0.717) is 17.9 Å². The first-order valence-corrected chi connectivity index (χ1v) is 7.96. The van der Waals surface area contributed by atoms with Crippen LogP contribution in [0.3, 0.4) is 0 Å². The van der Waals surface area contributed by atoms with Crippen molar-refractivity contribution in [1.29, 1.82) is 0 Å². The largest absolute Gasteiger partial charge is 0.369 e. The summed E-state index contributed by atoms with van der Waals surface area (Å²) >= 11 is 6.34. The van der Waals surface area contributed by atoms with Crippen LogP contribution in [0.5, 0.6) is 0 Å². The summed E-state index contributed by atoms with van der Waals surface area (Å²) < 4.78 is 0. The summed E-state index contributed by atoms with van der Waals surface area (Å²) in [7, 11) is 0. The number of nitrogens with one attached hydrogen (secondary N) is 1. The van der Waals surface area contributed by atoms with Crippen molar-refractivity contribution in [3.05, 3.63) is 68.1 Å². The number of hydrogen-bond acceptors (Lipinski definition) is 3. The van der Waals surface area contributed by atoms with Crippen LogP contribution in [0.4, 0.5) is 0 Å². The zero-order valence-electron chi connectivity index (χ0n) is 13.2. The Hall–Kier alpha value is -2.60. The number of rotatable bonds is 2. The molecule has 0 spiro atoms. The maximum Gasteiger partial charge on any atom is 0.248 e. The smallest absolute Gasteiger partial charge is 0.248 e. The highest BCUT2D eigenvalue weighted by molar-refractivity contribution is 6.31. The molecular formula is C17H18ClN5O. The van der Waals surface area contributed by atoms with E-state index in [4.69, 9.17) is 23.1 Å². The summed E-state index contributed by atoms with van der Waals surface area (Å²) in [5.41, 5.74) is 15.0. The highest BCUT2D eigenvalue weighted by Crippen LogP contribution is 2.36. The number of nitrogens with zero attached hydrogens (tertiary/aromatic N) is 2. The zero-order valence-corrected chi connectivity index (χ0v) is 14.0. The molecule has 1 aliphatic carbocycles. The predicted molar refractivity (Wildman–Crippen MR) is 96.7 cm³/mol. The van der Waals surface area contributed by atoms with Gasteiger partial charge in [-0.25, -0.2) is 0 Å². The molecule has 7 heteroatoms. The van der Waals surface area contributed by atoms with Crippen molar-refractivity contribution in [2.45, 2.75) is 25.7 Å². The van der Waals surface area contributed by atoms with Gasteiger partial charge in [0.05, 0.1) is 5.71 Å². The average Bonchev–Trinajstić information content (AvgIpc) is 2.52. The van der Waals surface area contributed by atoms with Crippen molar-refractivity contribution >= 4 is 23.3 Å². The molecule has 1 heterocycles. The van der Waals surface area contributed by atoms with Gasteiger partial charge in [-0.1, -0.05) is 29.8 Å². The third-order valence-electron chi connectivity index (χ3n) is 4.13. The summed E-state index contributed by atoms with van der Waals surface area (Å²) in [6.45, 7) is 1.88. The van der Waals surface area contributed by atoms with Crippen molar-refractivity contribution in [1.82, 2.24) is 4.98 Å². The van der Waals surface area contributed by atoms with Gasteiger partial charge in [-0.05, 0) is 42.9 Å². The summed E-state index contributed by atoms with van der Waals surface area (Å²) in [6, 6.07) is 9.24. The van der Waals surface area contributed by atoms with Crippen molar-refractivity contribution < 1.29 is 0 Å². The molecule has 1 atom stereocenters. The molecule has 1 unspecified atom stereocenters. The molecule has 1 aromatic carbocycles. The van der Waals surface area contributed by atoms with E-state index in [1.54, 1.807) is 6.07 Å². The van der Waals surface area contributed by atoms with Crippen LogP contribution in [-0.2, 0) is 6.42 Å². The van der Waals surface area contributed by atoms with Crippen LogP contribution in [0.25, 0.3) is 0 Å². The Balaban J connectivity index is 2.14. The standard InChI is InChI=1S/C17H18ClN5O/c1-9-6-15(24)21-13-7-10(11-4-2-3-5-12(11)18)8-14(16(9)13)22-23-17(19)20/h2-6,10H,7-8H2,1H3,(H,21,24)(H4,19,20,23). The lowest BCUT2D eigenvalue weighted by Crippen LogP contribution is -2.26. The lowest BCUT2D eigenvalue weighted by atomic mass is 9.80. The number of nitrogens with two attached hydrogens (primary N) is 2. The van der Waals surface area contributed by atoms with Gasteiger partial charge in [-0.2, -0.15) is 5.10 Å². The minimum atomic E-state index is -0.132. The molecule has 0 saturated carbocycles. The van der Waals surface area contributed by atoms with E-state index in [2.05, 4.69) is 15.2 Å². The number of H-pyrrole nitrogens is 1. The molecule has 24 heavy (non-hydrogen) atoms. The van der Waals surface area contributed by atoms with Crippen LogP contribution in [0.15, 0.2) is 45.3 Å². The second-order valence-corrected chi connectivity index (χ2v) is 6.28. The van der Waals surface area contributed by atoms with Gasteiger partial charge in [0, 0.05) is 22.3 Å². The van der Waals surface area contributed by atoms with Gasteiger partial charge >= 0.3 is 0 Å². The molecule has 5 N–H and O–H groups in total. The molecular weight excluding hydrogens is 326 g/mol. The van der Waals surface area contributed by atoms with Crippen molar-refractivity contribution in [2.24, 2.45) is 21.7 Å². The zero-order chi connectivity index (χ0) is 17.3. The number of pyridine rings is 1. The normalized spacial score (nSPS) is 18.2. The second-order valence-electron chi connectivity index (χ2n) is 5.87. The van der Waals surface area contributed by atoms with E-state index in [0.717, 1.165) is 28.1 Å². The van der Waals surface area contributed by atoms with Crippen LogP contribution < -0.4 is 17.0 Å². The van der Waals surface area contributed by atoms with Gasteiger partial charge in [0.2, 0.25) is 11.5 Å². The van der Waals surface area contributed by atoms with Gasteiger partial charge in [0.1, 0.15) is 0 Å². The fourth-order valence-electron chi connectivity index (χ4n) is 3.20. The minimum absolute atomic E-state index is 0.0941. The maximum atomic E-state index is 11.9. The molecule has 1 aliphatic rings. The van der Waals surface area contributed by atoms with Crippen molar-refractivity contribution in [2.75, 3.05) is 0 Å². The topological polar surface area (TPSA) is 110 Å². The first-order valence-electron chi connectivity index (χ1n) is 7.58. The van der Waals surface area contributed by atoms with Gasteiger partial charge in [-0.3, -0.25) is 4.79 Å². The van der Waals surface area contributed by atoms with Crippen LogP contribution in [0, 0.1) is 6.92 Å². The average molecular weight is 344 g/mol. The quantitative estimate of drug-likeness (QED) is 0.441. The fourth-order valence-corrected chi connectivity index (χ4v) is 3.49. The number of halogens is 1. The maximum absolute atomic E-state index is 11.9. The van der Waals surface area contributed by atoms with Gasteiger partial charge in [0.25, 0.3) is 0 Å². The Morgan fingerprint density at radius 3 is 2.75 bits per heavy atom. The van der Waals surface area contributed by atoms with Gasteiger partial charge in [-0.15, -0.1) is 5.10 Å². The summed E-state index contributed by atoms with van der Waals surface area (Å²) in [4.78, 5) is 14.8. The van der Waals surface area contributed by atoms with Crippen molar-refractivity contribution in [3.8, 4) is 0 Å². The highest BCUT2D eigenvalue weighted by Gasteiger charge is 2.28. The monoisotopic (exact) mass is 343 g/mol. The van der Waals surface area contributed by atoms with Crippen LogP contribution >= 0.6 is 11.6 Å².